The lowest BCUT2D eigenvalue weighted by atomic mass is 10.0. The number of halogens is 1. The number of nitrogens with zero attached hydrogens (tertiary/aromatic N) is 2. The molecule has 1 aliphatic rings. The van der Waals surface area contributed by atoms with Crippen LogP contribution >= 0.6 is 23.4 Å². The molecule has 1 aliphatic heterocycles. The first-order valence-electron chi connectivity index (χ1n) is 9.34. The monoisotopic (exact) mass is 397 g/mol. The number of nitrogens with one attached hydrogen (secondary N) is 1. The molecule has 1 N–H and O–H groups in total. The Morgan fingerprint density at radius 3 is 2.81 bits per heavy atom. The Morgan fingerprint density at radius 1 is 1.19 bits per heavy atom. The predicted octanol–water partition coefficient (Wildman–Crippen LogP) is 5.53. The van der Waals surface area contributed by atoms with Crippen LogP contribution in [-0.4, -0.2) is 15.5 Å². The first-order valence-corrected chi connectivity index (χ1v) is 10.7. The molecule has 0 spiro atoms. The highest BCUT2D eigenvalue weighted by Crippen LogP contribution is 2.37. The molecule has 0 saturated heterocycles. The van der Waals surface area contributed by atoms with Crippen molar-refractivity contribution in [2.45, 2.75) is 44.3 Å². The van der Waals surface area contributed by atoms with Gasteiger partial charge in [0.05, 0.1) is 12.2 Å². The number of hydrogen-bond acceptors (Lipinski definition) is 3. The van der Waals surface area contributed by atoms with Crippen LogP contribution in [0.5, 0.6) is 0 Å². The molecule has 1 atom stereocenters. The second-order valence-electron chi connectivity index (χ2n) is 7.05. The second-order valence-corrected chi connectivity index (χ2v) is 8.62. The largest absolute Gasteiger partial charge is 0.306 e. The van der Waals surface area contributed by atoms with Crippen LogP contribution in [0.15, 0.2) is 53.4 Å². The summed E-state index contributed by atoms with van der Waals surface area (Å²) >= 11 is 8.16. The third-order valence-electron chi connectivity index (χ3n) is 5.24. The predicted molar refractivity (Wildman–Crippen MR) is 114 cm³/mol. The molecule has 2 heterocycles. The van der Waals surface area contributed by atoms with Crippen molar-refractivity contribution in [1.29, 1.82) is 0 Å². The van der Waals surface area contributed by atoms with Crippen LogP contribution < -0.4 is 5.32 Å². The number of aromatic nitrogens is 2. The van der Waals surface area contributed by atoms with Crippen molar-refractivity contribution in [3.05, 3.63) is 81.6 Å². The highest BCUT2D eigenvalue weighted by molar-refractivity contribution is 7.99. The van der Waals surface area contributed by atoms with Crippen molar-refractivity contribution in [3.8, 4) is 0 Å². The van der Waals surface area contributed by atoms with E-state index in [1.807, 2.05) is 23.9 Å². The fourth-order valence-electron chi connectivity index (χ4n) is 3.70. The van der Waals surface area contributed by atoms with E-state index < -0.39 is 0 Å². The van der Waals surface area contributed by atoms with Gasteiger partial charge in [-0.1, -0.05) is 41.9 Å². The second kappa shape index (κ2) is 8.09. The van der Waals surface area contributed by atoms with Crippen LogP contribution in [-0.2, 0) is 13.1 Å². The van der Waals surface area contributed by atoms with Crippen molar-refractivity contribution in [2.24, 2.45) is 0 Å². The van der Waals surface area contributed by atoms with Gasteiger partial charge in [-0.2, -0.15) is 5.10 Å². The molecule has 4 rings (SSSR count). The Balaban J connectivity index is 1.50. The first kappa shape index (κ1) is 18.6. The van der Waals surface area contributed by atoms with E-state index in [9.17, 15) is 0 Å². The lowest BCUT2D eigenvalue weighted by Crippen LogP contribution is -2.24. The molecule has 0 aliphatic carbocycles. The molecule has 3 aromatic rings. The van der Waals surface area contributed by atoms with E-state index in [-0.39, 0.29) is 0 Å². The molecule has 1 unspecified atom stereocenters. The summed E-state index contributed by atoms with van der Waals surface area (Å²) in [6.45, 7) is 5.91. The zero-order valence-electron chi connectivity index (χ0n) is 15.7. The van der Waals surface area contributed by atoms with Gasteiger partial charge in [0, 0.05) is 33.8 Å². The Bertz CT molecular complexity index is 936. The summed E-state index contributed by atoms with van der Waals surface area (Å²) in [7, 11) is 0. The maximum absolute atomic E-state index is 6.24. The van der Waals surface area contributed by atoms with E-state index in [2.05, 4.69) is 60.2 Å². The molecule has 0 radical (unpaired) electrons. The molecule has 2 aromatic carbocycles. The van der Waals surface area contributed by atoms with Crippen LogP contribution in [0.2, 0.25) is 5.02 Å². The summed E-state index contributed by atoms with van der Waals surface area (Å²) in [6, 6.07) is 17.1. The Kier molecular flexibility index (Phi) is 5.58. The SMILES string of the molecule is Cc1nn(Cc2ccccc2)c(C)c1CNC1CCSc2ccc(Cl)cc21. The molecule has 27 heavy (non-hydrogen) atoms. The topological polar surface area (TPSA) is 29.9 Å². The third-order valence-corrected chi connectivity index (χ3v) is 6.60. The van der Waals surface area contributed by atoms with Gasteiger partial charge >= 0.3 is 0 Å². The molecule has 0 saturated carbocycles. The van der Waals surface area contributed by atoms with E-state index in [1.54, 1.807) is 0 Å². The smallest absolute Gasteiger partial charge is 0.0662 e. The molecule has 1 aromatic heterocycles. The zero-order chi connectivity index (χ0) is 18.8. The van der Waals surface area contributed by atoms with Crippen molar-refractivity contribution < 1.29 is 0 Å². The summed E-state index contributed by atoms with van der Waals surface area (Å²) in [5, 5.41) is 9.35. The lowest BCUT2D eigenvalue weighted by Gasteiger charge is -2.26. The van der Waals surface area contributed by atoms with Gasteiger partial charge in [0.15, 0.2) is 0 Å². The van der Waals surface area contributed by atoms with Crippen LogP contribution in [0.1, 0.15) is 40.5 Å². The minimum Gasteiger partial charge on any atom is -0.306 e. The average molecular weight is 398 g/mol. The summed E-state index contributed by atoms with van der Waals surface area (Å²) < 4.78 is 2.11. The quantitative estimate of drug-likeness (QED) is 0.614. The normalized spacial score (nSPS) is 16.3. The Hall–Kier alpha value is -1.75. The van der Waals surface area contributed by atoms with Gasteiger partial charge in [-0.3, -0.25) is 4.68 Å². The number of thioether (sulfide) groups is 1. The van der Waals surface area contributed by atoms with Crippen molar-refractivity contribution in [1.82, 2.24) is 15.1 Å². The molecule has 0 fully saturated rings. The number of rotatable bonds is 5. The van der Waals surface area contributed by atoms with Gasteiger partial charge in [0.1, 0.15) is 0 Å². The van der Waals surface area contributed by atoms with Gasteiger partial charge in [-0.25, -0.2) is 0 Å². The van der Waals surface area contributed by atoms with Crippen LogP contribution in [0.25, 0.3) is 0 Å². The maximum atomic E-state index is 6.24. The fraction of sp³-hybridized carbons (Fsp3) is 0.318. The van der Waals surface area contributed by atoms with E-state index in [0.29, 0.717) is 6.04 Å². The molecule has 5 heteroatoms. The molecule has 0 bridgehead atoms. The lowest BCUT2D eigenvalue weighted by molar-refractivity contribution is 0.508. The standard InChI is InChI=1S/C22H24ClN3S/c1-15-20(16(2)26(25-15)14-17-6-4-3-5-7-17)13-24-21-10-11-27-22-9-8-18(23)12-19(21)22/h3-9,12,21,24H,10-11,13-14H2,1-2H3. The number of aryl methyl sites for hydroxylation is 1. The van der Waals surface area contributed by atoms with E-state index in [4.69, 9.17) is 16.7 Å². The highest BCUT2D eigenvalue weighted by Gasteiger charge is 2.22. The van der Waals surface area contributed by atoms with Crippen molar-refractivity contribution in [3.63, 3.8) is 0 Å². The summed E-state index contributed by atoms with van der Waals surface area (Å²) in [5.41, 5.74) is 6.24. The summed E-state index contributed by atoms with van der Waals surface area (Å²) in [5.74, 6) is 1.14. The Morgan fingerprint density at radius 2 is 2.00 bits per heavy atom. The average Bonchev–Trinajstić information content (AvgIpc) is 2.94. The van der Waals surface area contributed by atoms with Crippen molar-refractivity contribution in [2.75, 3.05) is 5.75 Å². The molecule has 0 amide bonds. The number of hydrogen-bond donors (Lipinski definition) is 1. The fourth-order valence-corrected chi connectivity index (χ4v) is 4.99. The van der Waals surface area contributed by atoms with Crippen LogP contribution in [0.4, 0.5) is 0 Å². The van der Waals surface area contributed by atoms with Gasteiger partial charge in [-0.15, -0.1) is 11.8 Å². The van der Waals surface area contributed by atoms with E-state index >= 15 is 0 Å². The maximum Gasteiger partial charge on any atom is 0.0662 e. The van der Waals surface area contributed by atoms with E-state index in [0.717, 1.165) is 36.0 Å². The van der Waals surface area contributed by atoms with Gasteiger partial charge in [-0.05, 0) is 55.3 Å². The minimum absolute atomic E-state index is 0.344. The van der Waals surface area contributed by atoms with Crippen molar-refractivity contribution >= 4 is 23.4 Å². The van der Waals surface area contributed by atoms with E-state index in [1.165, 1.54) is 27.3 Å². The number of benzene rings is 2. The molecule has 3 nitrogen and oxygen atoms in total. The van der Waals surface area contributed by atoms with Gasteiger partial charge in [0.25, 0.3) is 0 Å². The first-order chi connectivity index (χ1) is 13.1. The minimum atomic E-state index is 0.344. The van der Waals surface area contributed by atoms with Gasteiger partial charge in [0.2, 0.25) is 0 Å². The molecular weight excluding hydrogens is 374 g/mol. The van der Waals surface area contributed by atoms with Crippen LogP contribution in [0, 0.1) is 13.8 Å². The number of fused-ring (bicyclic) bond motifs is 1. The van der Waals surface area contributed by atoms with Gasteiger partial charge < -0.3 is 5.32 Å². The molecular formula is C22H24ClN3S. The highest BCUT2D eigenvalue weighted by atomic mass is 35.5. The zero-order valence-corrected chi connectivity index (χ0v) is 17.3. The third kappa shape index (κ3) is 4.08. The molecule has 140 valence electrons. The summed E-state index contributed by atoms with van der Waals surface area (Å²) in [6.07, 6.45) is 1.12. The summed E-state index contributed by atoms with van der Waals surface area (Å²) in [4.78, 5) is 1.34. The van der Waals surface area contributed by atoms with Crippen LogP contribution in [0.3, 0.4) is 0 Å². The Labute approximate surface area is 170 Å².